The van der Waals surface area contributed by atoms with Crippen LogP contribution < -0.4 is 11.1 Å². The fourth-order valence-electron chi connectivity index (χ4n) is 3.02. The van der Waals surface area contributed by atoms with Crippen LogP contribution in [0.1, 0.15) is 48.4 Å². The first kappa shape index (κ1) is 19.9. The van der Waals surface area contributed by atoms with Crippen molar-refractivity contribution in [2.24, 2.45) is 5.73 Å². The Morgan fingerprint density at radius 2 is 2.08 bits per heavy atom. The van der Waals surface area contributed by atoms with Gasteiger partial charge in [0.25, 0.3) is 5.91 Å². The van der Waals surface area contributed by atoms with Gasteiger partial charge in [-0.1, -0.05) is 22.0 Å². The summed E-state index contributed by atoms with van der Waals surface area (Å²) < 4.78 is 2.92. The molecule has 0 fully saturated rings. The van der Waals surface area contributed by atoms with Crippen molar-refractivity contribution in [3.8, 4) is 5.69 Å². The molecule has 0 saturated heterocycles. The van der Waals surface area contributed by atoms with Gasteiger partial charge in [0.15, 0.2) is 5.69 Å². The fourth-order valence-corrected chi connectivity index (χ4v) is 3.41. The number of carbonyl (C=O) groups is 1. The van der Waals surface area contributed by atoms with E-state index in [1.807, 2.05) is 42.8 Å². The van der Waals surface area contributed by atoms with E-state index in [-0.39, 0.29) is 18.3 Å². The average molecular weight is 428 g/mol. The number of halogens is 2. The zero-order valence-electron chi connectivity index (χ0n) is 14.5. The summed E-state index contributed by atoms with van der Waals surface area (Å²) in [6.07, 6.45) is 4.07. The maximum Gasteiger partial charge on any atom is 0.272 e. The van der Waals surface area contributed by atoms with E-state index in [0.717, 1.165) is 47.1 Å². The highest BCUT2D eigenvalue weighted by molar-refractivity contribution is 9.10. The van der Waals surface area contributed by atoms with Crippen molar-refractivity contribution in [2.75, 3.05) is 6.54 Å². The van der Waals surface area contributed by atoms with Crippen LogP contribution in [0, 0.1) is 0 Å². The second kappa shape index (κ2) is 7.89. The van der Waals surface area contributed by atoms with Crippen LogP contribution in [-0.2, 0) is 12.8 Å². The molecule has 1 amide bonds. The summed E-state index contributed by atoms with van der Waals surface area (Å²) in [5.41, 5.74) is 9.02. The molecular formula is C18H24BrClN4O. The molecule has 3 rings (SSSR count). The molecule has 0 atom stereocenters. The maximum absolute atomic E-state index is 12.8. The van der Waals surface area contributed by atoms with E-state index in [4.69, 9.17) is 5.73 Å². The third kappa shape index (κ3) is 4.25. The van der Waals surface area contributed by atoms with E-state index in [1.165, 1.54) is 0 Å². The Balaban J connectivity index is 0.00000225. The maximum atomic E-state index is 12.8. The molecule has 1 aliphatic carbocycles. The average Bonchev–Trinajstić information content (AvgIpc) is 2.94. The van der Waals surface area contributed by atoms with Crippen molar-refractivity contribution in [1.29, 1.82) is 0 Å². The normalized spacial score (nSPS) is 13.8. The molecule has 0 aliphatic heterocycles. The zero-order valence-corrected chi connectivity index (χ0v) is 16.9. The van der Waals surface area contributed by atoms with Crippen LogP contribution in [-0.4, -0.2) is 27.8 Å². The summed E-state index contributed by atoms with van der Waals surface area (Å²) >= 11 is 3.51. The Kier molecular flexibility index (Phi) is 6.30. The molecule has 0 saturated carbocycles. The van der Waals surface area contributed by atoms with Crippen LogP contribution in [0.5, 0.6) is 0 Å². The minimum atomic E-state index is -0.446. The number of nitrogens with two attached hydrogens (primary N) is 1. The quantitative estimate of drug-likeness (QED) is 0.785. The highest BCUT2D eigenvalue weighted by atomic mass is 79.9. The molecule has 1 aliphatic rings. The number of carbonyl (C=O) groups excluding carboxylic acids is 1. The van der Waals surface area contributed by atoms with Gasteiger partial charge < -0.3 is 11.1 Å². The molecule has 136 valence electrons. The molecule has 5 nitrogen and oxygen atoms in total. The van der Waals surface area contributed by atoms with Crippen molar-refractivity contribution >= 4 is 34.2 Å². The smallest absolute Gasteiger partial charge is 0.272 e. The predicted molar refractivity (Wildman–Crippen MR) is 106 cm³/mol. The number of benzene rings is 1. The van der Waals surface area contributed by atoms with Crippen LogP contribution in [0.15, 0.2) is 28.7 Å². The van der Waals surface area contributed by atoms with Crippen molar-refractivity contribution in [3.63, 3.8) is 0 Å². The summed E-state index contributed by atoms with van der Waals surface area (Å²) in [5.74, 6) is -0.141. The summed E-state index contributed by atoms with van der Waals surface area (Å²) in [4.78, 5) is 12.8. The first-order chi connectivity index (χ1) is 11.4. The first-order valence-corrected chi connectivity index (χ1v) is 9.10. The number of hydrogen-bond donors (Lipinski definition) is 2. The number of amides is 1. The third-order valence-electron chi connectivity index (χ3n) is 4.41. The van der Waals surface area contributed by atoms with Crippen molar-refractivity contribution in [2.45, 2.75) is 45.1 Å². The van der Waals surface area contributed by atoms with Crippen molar-refractivity contribution in [1.82, 2.24) is 15.1 Å². The van der Waals surface area contributed by atoms with E-state index in [1.54, 1.807) is 0 Å². The molecule has 0 unspecified atom stereocenters. The van der Waals surface area contributed by atoms with E-state index in [9.17, 15) is 4.79 Å². The topological polar surface area (TPSA) is 72.9 Å². The molecule has 0 bridgehead atoms. The molecule has 1 heterocycles. The summed E-state index contributed by atoms with van der Waals surface area (Å²) in [7, 11) is 0. The van der Waals surface area contributed by atoms with Crippen molar-refractivity contribution < 1.29 is 4.79 Å². The Labute approximate surface area is 162 Å². The highest BCUT2D eigenvalue weighted by Gasteiger charge is 2.28. The van der Waals surface area contributed by atoms with Gasteiger partial charge in [-0.15, -0.1) is 12.4 Å². The molecule has 7 heteroatoms. The van der Waals surface area contributed by atoms with Gasteiger partial charge in [0.2, 0.25) is 0 Å². The Hall–Kier alpha value is -1.37. The molecular weight excluding hydrogens is 404 g/mol. The standard InChI is InChI=1S/C18H23BrN4O.ClH/c1-18(2,11-20)21-17(24)16-14-8-3-4-9-15(14)23(22-16)13-7-5-6-12(19)10-13;/h5-7,10H,3-4,8-9,11,20H2,1-2H3,(H,21,24);1H. The number of aromatic nitrogens is 2. The van der Waals surface area contributed by atoms with Crippen molar-refractivity contribution in [3.05, 3.63) is 45.7 Å². The largest absolute Gasteiger partial charge is 0.344 e. The molecule has 2 aromatic rings. The molecule has 25 heavy (non-hydrogen) atoms. The molecule has 3 N–H and O–H groups in total. The van der Waals surface area contributed by atoms with Crippen LogP contribution in [0.3, 0.4) is 0 Å². The lowest BCUT2D eigenvalue weighted by atomic mass is 9.95. The number of fused-ring (bicyclic) bond motifs is 1. The lowest BCUT2D eigenvalue weighted by Crippen LogP contribution is -2.49. The zero-order chi connectivity index (χ0) is 17.3. The van der Waals surface area contributed by atoms with Gasteiger partial charge in [-0.3, -0.25) is 4.79 Å². The van der Waals surface area contributed by atoms with Gasteiger partial charge in [0.1, 0.15) is 0 Å². The third-order valence-corrected chi connectivity index (χ3v) is 4.90. The van der Waals surface area contributed by atoms with E-state index in [0.29, 0.717) is 12.2 Å². The predicted octanol–water partition coefficient (Wildman–Crippen LogP) is 3.40. The monoisotopic (exact) mass is 426 g/mol. The SMILES string of the molecule is CC(C)(CN)NC(=O)c1nn(-c2cccc(Br)c2)c2c1CCCC2.Cl. The van der Waals surface area contributed by atoms with Crippen LogP contribution in [0.4, 0.5) is 0 Å². The van der Waals surface area contributed by atoms with Gasteiger partial charge >= 0.3 is 0 Å². The minimum Gasteiger partial charge on any atom is -0.344 e. The lowest BCUT2D eigenvalue weighted by molar-refractivity contribution is 0.0909. The van der Waals surface area contributed by atoms with Gasteiger partial charge in [0, 0.05) is 27.8 Å². The highest BCUT2D eigenvalue weighted by Crippen LogP contribution is 2.28. The van der Waals surface area contributed by atoms with Gasteiger partial charge in [-0.25, -0.2) is 4.68 Å². The van der Waals surface area contributed by atoms with Gasteiger partial charge in [-0.05, 0) is 57.7 Å². The molecule has 0 radical (unpaired) electrons. The first-order valence-electron chi connectivity index (χ1n) is 8.30. The van der Waals surface area contributed by atoms with Gasteiger partial charge in [0.05, 0.1) is 5.69 Å². The summed E-state index contributed by atoms with van der Waals surface area (Å²) in [5, 5.41) is 7.66. The second-order valence-corrected chi connectivity index (χ2v) is 7.83. The molecule has 1 aromatic carbocycles. The second-order valence-electron chi connectivity index (χ2n) is 6.91. The van der Waals surface area contributed by atoms with Crippen LogP contribution in [0.25, 0.3) is 5.69 Å². The van der Waals surface area contributed by atoms with Crippen LogP contribution >= 0.6 is 28.3 Å². The van der Waals surface area contributed by atoms with E-state index >= 15 is 0 Å². The Morgan fingerprint density at radius 3 is 2.76 bits per heavy atom. The number of nitrogens with one attached hydrogen (secondary N) is 1. The van der Waals surface area contributed by atoms with E-state index in [2.05, 4.69) is 26.3 Å². The Bertz CT molecular complexity index is 772. The lowest BCUT2D eigenvalue weighted by Gasteiger charge is -2.24. The van der Waals surface area contributed by atoms with Gasteiger partial charge in [-0.2, -0.15) is 5.10 Å². The van der Waals surface area contributed by atoms with Crippen LogP contribution in [0.2, 0.25) is 0 Å². The Morgan fingerprint density at radius 1 is 1.36 bits per heavy atom. The minimum absolute atomic E-state index is 0. The number of hydrogen-bond acceptors (Lipinski definition) is 3. The fraction of sp³-hybridized carbons (Fsp3) is 0.444. The number of nitrogens with zero attached hydrogens (tertiary/aromatic N) is 2. The number of rotatable bonds is 4. The summed E-state index contributed by atoms with van der Waals surface area (Å²) in [6, 6.07) is 8.00. The summed E-state index contributed by atoms with van der Waals surface area (Å²) in [6.45, 7) is 4.22. The molecule has 0 spiro atoms. The molecule has 1 aromatic heterocycles. The van der Waals surface area contributed by atoms with E-state index < -0.39 is 5.54 Å².